The van der Waals surface area contributed by atoms with Crippen LogP contribution in [0.2, 0.25) is 10.0 Å². The fourth-order valence-corrected chi connectivity index (χ4v) is 4.16. The highest BCUT2D eigenvalue weighted by Gasteiger charge is 2.30. The second-order valence-electron chi connectivity index (χ2n) is 5.58. The van der Waals surface area contributed by atoms with E-state index in [1.54, 1.807) is 55.5 Å². The lowest BCUT2D eigenvalue weighted by molar-refractivity contribution is 0.0525. The Hall–Kier alpha value is -2.34. The first-order valence-corrected chi connectivity index (χ1v) is 9.65. The Labute approximate surface area is 170 Å². The quantitative estimate of drug-likeness (QED) is 0.424. The van der Waals surface area contributed by atoms with Crippen molar-refractivity contribution >= 4 is 51.3 Å². The highest BCUT2D eigenvalue weighted by Crippen LogP contribution is 2.42. The molecule has 4 nitrogen and oxygen atoms in total. The molecule has 0 aliphatic heterocycles. The van der Waals surface area contributed by atoms with Gasteiger partial charge in [-0.15, -0.1) is 11.3 Å². The van der Waals surface area contributed by atoms with Crippen molar-refractivity contribution < 1.29 is 14.3 Å². The van der Waals surface area contributed by atoms with Gasteiger partial charge in [0, 0.05) is 26.0 Å². The first kappa shape index (κ1) is 19.4. The van der Waals surface area contributed by atoms with Crippen LogP contribution in [0.3, 0.4) is 0 Å². The van der Waals surface area contributed by atoms with Crippen molar-refractivity contribution in [3.8, 4) is 10.4 Å². The van der Waals surface area contributed by atoms with E-state index in [-0.39, 0.29) is 28.5 Å². The predicted octanol–water partition coefficient (Wildman–Crippen LogP) is 5.71. The Morgan fingerprint density at radius 3 is 2.33 bits per heavy atom. The molecule has 2 N–H and O–H groups in total. The molecule has 7 heteroatoms. The number of benzene rings is 2. The van der Waals surface area contributed by atoms with Gasteiger partial charge < -0.3 is 10.5 Å². The summed E-state index contributed by atoms with van der Waals surface area (Å²) < 4.78 is 5.12. The molecule has 0 saturated heterocycles. The van der Waals surface area contributed by atoms with E-state index in [4.69, 9.17) is 33.7 Å². The van der Waals surface area contributed by atoms with Gasteiger partial charge in [0.2, 0.25) is 0 Å². The topological polar surface area (TPSA) is 69.4 Å². The third-order valence-corrected chi connectivity index (χ3v) is 5.50. The normalized spacial score (nSPS) is 10.6. The molecule has 3 aromatic rings. The molecule has 2 aromatic carbocycles. The van der Waals surface area contributed by atoms with Crippen molar-refractivity contribution in [2.45, 2.75) is 6.92 Å². The highest BCUT2D eigenvalue weighted by atomic mass is 35.5. The van der Waals surface area contributed by atoms with Crippen LogP contribution in [-0.4, -0.2) is 18.4 Å². The second-order valence-corrected chi connectivity index (χ2v) is 7.48. The van der Waals surface area contributed by atoms with Crippen molar-refractivity contribution in [1.29, 1.82) is 0 Å². The first-order chi connectivity index (χ1) is 12.9. The number of nitrogen functional groups attached to an aromatic ring is 1. The molecule has 0 fully saturated rings. The molecule has 3 rings (SSSR count). The highest BCUT2D eigenvalue weighted by molar-refractivity contribution is 7.20. The molecule has 1 heterocycles. The smallest absolute Gasteiger partial charge is 0.341 e. The molecule has 0 radical (unpaired) electrons. The molecule has 0 saturated carbocycles. The molecular formula is C20H15Cl2NO3S. The number of anilines is 1. The zero-order chi connectivity index (χ0) is 19.6. The zero-order valence-electron chi connectivity index (χ0n) is 14.3. The van der Waals surface area contributed by atoms with Crippen LogP contribution in [0.5, 0.6) is 0 Å². The second kappa shape index (κ2) is 8.13. The largest absolute Gasteiger partial charge is 0.462 e. The van der Waals surface area contributed by atoms with Crippen molar-refractivity contribution in [3.63, 3.8) is 0 Å². The summed E-state index contributed by atoms with van der Waals surface area (Å²) in [5.41, 5.74) is 7.37. The lowest BCUT2D eigenvalue weighted by atomic mass is 9.97. The van der Waals surface area contributed by atoms with Gasteiger partial charge in [0.25, 0.3) is 0 Å². The Kier molecular flexibility index (Phi) is 5.85. The van der Waals surface area contributed by atoms with Crippen LogP contribution in [0.25, 0.3) is 10.4 Å². The van der Waals surface area contributed by atoms with Gasteiger partial charge in [-0.2, -0.15) is 0 Å². The molecule has 1 aromatic heterocycles. The number of rotatable bonds is 5. The van der Waals surface area contributed by atoms with Crippen LogP contribution in [0.1, 0.15) is 33.2 Å². The number of carbonyl (C=O) groups is 2. The molecule has 138 valence electrons. The van der Waals surface area contributed by atoms with E-state index in [1.165, 1.54) is 0 Å². The summed E-state index contributed by atoms with van der Waals surface area (Å²) in [5.74, 6) is -0.987. The molecular weight excluding hydrogens is 405 g/mol. The zero-order valence-corrected chi connectivity index (χ0v) is 16.6. The van der Waals surface area contributed by atoms with Gasteiger partial charge in [0.15, 0.2) is 5.78 Å². The average Bonchev–Trinajstić information content (AvgIpc) is 2.99. The van der Waals surface area contributed by atoms with E-state index in [1.807, 2.05) is 0 Å². The number of halogens is 2. The number of nitrogens with two attached hydrogens (primary N) is 1. The van der Waals surface area contributed by atoms with Gasteiger partial charge in [-0.1, -0.05) is 41.4 Å². The standard InChI is InChI=1S/C20H15Cl2NO3S/c1-2-26-20(25)16-15(17(24)11-7-9-12(21)10-8-11)18(27-19(16)23)13-5-3-4-6-14(13)22/h3-10H,2,23H2,1H3. The fourth-order valence-electron chi connectivity index (χ4n) is 2.65. The molecule has 0 amide bonds. The Morgan fingerprint density at radius 1 is 1.04 bits per heavy atom. The van der Waals surface area contributed by atoms with Gasteiger partial charge in [-0.05, 0) is 37.3 Å². The predicted molar refractivity (Wildman–Crippen MR) is 110 cm³/mol. The maximum absolute atomic E-state index is 13.3. The van der Waals surface area contributed by atoms with E-state index in [2.05, 4.69) is 0 Å². The number of hydrogen-bond donors (Lipinski definition) is 1. The Morgan fingerprint density at radius 2 is 1.70 bits per heavy atom. The minimum Gasteiger partial charge on any atom is -0.462 e. The van der Waals surface area contributed by atoms with Crippen LogP contribution < -0.4 is 5.73 Å². The van der Waals surface area contributed by atoms with Crippen LogP contribution in [0.4, 0.5) is 5.00 Å². The number of esters is 1. The molecule has 0 atom stereocenters. The third-order valence-electron chi connectivity index (χ3n) is 3.87. The van der Waals surface area contributed by atoms with Gasteiger partial charge in [0.1, 0.15) is 10.6 Å². The summed E-state index contributed by atoms with van der Waals surface area (Å²) in [6, 6.07) is 13.5. The van der Waals surface area contributed by atoms with E-state index >= 15 is 0 Å². The average molecular weight is 420 g/mol. The molecule has 0 aliphatic rings. The number of carbonyl (C=O) groups excluding carboxylic acids is 2. The summed E-state index contributed by atoms with van der Waals surface area (Å²) in [5, 5.41) is 1.17. The number of ketones is 1. The number of thiophene rings is 1. The number of ether oxygens (including phenoxy) is 1. The molecule has 0 bridgehead atoms. The van der Waals surface area contributed by atoms with E-state index in [0.717, 1.165) is 11.3 Å². The van der Waals surface area contributed by atoms with E-state index in [0.29, 0.717) is 26.0 Å². The maximum atomic E-state index is 13.3. The van der Waals surface area contributed by atoms with Gasteiger partial charge in [-0.3, -0.25) is 4.79 Å². The van der Waals surface area contributed by atoms with Gasteiger partial charge in [0.05, 0.1) is 12.2 Å². The van der Waals surface area contributed by atoms with Crippen LogP contribution >= 0.6 is 34.5 Å². The van der Waals surface area contributed by atoms with Gasteiger partial charge >= 0.3 is 5.97 Å². The Balaban J connectivity index is 2.25. The Bertz CT molecular complexity index is 1010. The third kappa shape index (κ3) is 3.86. The summed E-state index contributed by atoms with van der Waals surface area (Å²) in [7, 11) is 0. The van der Waals surface area contributed by atoms with Crippen LogP contribution in [-0.2, 0) is 4.74 Å². The number of hydrogen-bond acceptors (Lipinski definition) is 5. The molecule has 0 aliphatic carbocycles. The van der Waals surface area contributed by atoms with Crippen LogP contribution in [0.15, 0.2) is 48.5 Å². The van der Waals surface area contributed by atoms with Crippen LogP contribution in [0, 0.1) is 0 Å². The SMILES string of the molecule is CCOC(=O)c1c(N)sc(-c2ccccc2Cl)c1C(=O)c1ccc(Cl)cc1. The lowest BCUT2D eigenvalue weighted by Gasteiger charge is -2.09. The fraction of sp³-hybridized carbons (Fsp3) is 0.100. The minimum absolute atomic E-state index is 0.0664. The van der Waals surface area contributed by atoms with E-state index < -0.39 is 5.97 Å². The van der Waals surface area contributed by atoms with Gasteiger partial charge in [-0.25, -0.2) is 4.79 Å². The van der Waals surface area contributed by atoms with Crippen molar-refractivity contribution in [2.24, 2.45) is 0 Å². The first-order valence-electron chi connectivity index (χ1n) is 8.08. The molecule has 27 heavy (non-hydrogen) atoms. The lowest BCUT2D eigenvalue weighted by Crippen LogP contribution is -2.13. The summed E-state index contributed by atoms with van der Waals surface area (Å²) in [6.45, 7) is 1.86. The molecule has 0 spiro atoms. The summed E-state index contributed by atoms with van der Waals surface area (Å²) in [6.07, 6.45) is 0. The van der Waals surface area contributed by atoms with E-state index in [9.17, 15) is 9.59 Å². The molecule has 0 unspecified atom stereocenters. The summed E-state index contributed by atoms with van der Waals surface area (Å²) in [4.78, 5) is 26.3. The monoisotopic (exact) mass is 419 g/mol. The summed E-state index contributed by atoms with van der Waals surface area (Å²) >= 11 is 13.4. The maximum Gasteiger partial charge on any atom is 0.341 e. The van der Waals surface area contributed by atoms with Crippen molar-refractivity contribution in [3.05, 3.63) is 75.3 Å². The van der Waals surface area contributed by atoms with Crippen molar-refractivity contribution in [2.75, 3.05) is 12.3 Å². The van der Waals surface area contributed by atoms with Crippen molar-refractivity contribution in [1.82, 2.24) is 0 Å². The minimum atomic E-state index is -0.637.